The molecule has 0 bridgehead atoms. The van der Waals surface area contributed by atoms with Gasteiger partial charge in [-0.2, -0.15) is 0 Å². The zero-order valence-electron chi connectivity index (χ0n) is 14.3. The Bertz CT molecular complexity index is 678. The third-order valence-electron chi connectivity index (χ3n) is 4.96. The predicted octanol–water partition coefficient (Wildman–Crippen LogP) is 4.83. The Morgan fingerprint density at radius 3 is 2.42 bits per heavy atom. The number of carbonyl (C=O) groups excluding carboxylic acids is 1. The summed E-state index contributed by atoms with van der Waals surface area (Å²) in [5.74, 6) is 0.250. The van der Waals surface area contributed by atoms with Crippen molar-refractivity contribution in [2.75, 3.05) is 7.05 Å². The predicted molar refractivity (Wildman–Crippen MR) is 100 cm³/mol. The Balaban J connectivity index is 1.63. The van der Waals surface area contributed by atoms with E-state index in [1.54, 1.807) is 0 Å². The Morgan fingerprint density at radius 1 is 1.04 bits per heavy atom. The van der Waals surface area contributed by atoms with E-state index in [9.17, 15) is 4.79 Å². The maximum Gasteiger partial charge on any atom is 0.164 e. The average molecular weight is 319 g/mol. The minimum atomic E-state index is 0.250. The molecule has 0 aromatic heterocycles. The first-order valence-corrected chi connectivity index (χ1v) is 8.77. The van der Waals surface area contributed by atoms with E-state index in [2.05, 4.69) is 48.4 Å². The van der Waals surface area contributed by atoms with Crippen LogP contribution in [0.15, 0.2) is 66.7 Å². The lowest BCUT2D eigenvalue weighted by atomic mass is 9.91. The van der Waals surface area contributed by atoms with Crippen molar-refractivity contribution >= 4 is 11.9 Å². The fourth-order valence-corrected chi connectivity index (χ4v) is 3.46. The third-order valence-corrected chi connectivity index (χ3v) is 4.96. The van der Waals surface area contributed by atoms with Crippen LogP contribution in [0.5, 0.6) is 0 Å². The molecular weight excluding hydrogens is 294 g/mol. The third kappa shape index (κ3) is 4.21. The van der Waals surface area contributed by atoms with Crippen LogP contribution in [0.4, 0.5) is 0 Å². The maximum absolute atomic E-state index is 12.5. The van der Waals surface area contributed by atoms with Crippen LogP contribution in [-0.4, -0.2) is 29.8 Å². The van der Waals surface area contributed by atoms with Crippen LogP contribution in [0.1, 0.15) is 41.6 Å². The molecular formula is C22H25NO. The van der Waals surface area contributed by atoms with Crippen molar-refractivity contribution in [2.45, 2.75) is 37.8 Å². The normalized spacial score (nSPS) is 21.9. The first kappa shape index (κ1) is 16.7. The molecule has 24 heavy (non-hydrogen) atoms. The van der Waals surface area contributed by atoms with Crippen molar-refractivity contribution in [3.8, 4) is 0 Å². The van der Waals surface area contributed by atoms with Gasteiger partial charge in [-0.15, -0.1) is 0 Å². The highest BCUT2D eigenvalue weighted by atomic mass is 16.1. The summed E-state index contributed by atoms with van der Waals surface area (Å²) in [5, 5.41) is 0. The molecule has 1 aliphatic heterocycles. The molecule has 124 valence electrons. The van der Waals surface area contributed by atoms with Crippen molar-refractivity contribution in [1.82, 2.24) is 4.90 Å². The topological polar surface area (TPSA) is 20.3 Å². The highest BCUT2D eigenvalue weighted by Crippen LogP contribution is 2.26. The quantitative estimate of drug-likeness (QED) is 0.736. The number of ketones is 1. The van der Waals surface area contributed by atoms with E-state index in [4.69, 9.17) is 0 Å². The van der Waals surface area contributed by atoms with Gasteiger partial charge in [0, 0.05) is 24.1 Å². The summed E-state index contributed by atoms with van der Waals surface area (Å²) < 4.78 is 0. The first-order chi connectivity index (χ1) is 11.7. The van der Waals surface area contributed by atoms with Crippen molar-refractivity contribution in [2.24, 2.45) is 0 Å². The van der Waals surface area contributed by atoms with E-state index in [1.165, 1.54) is 12.0 Å². The summed E-state index contributed by atoms with van der Waals surface area (Å²) in [6, 6.07) is 20.8. The zero-order valence-corrected chi connectivity index (χ0v) is 14.3. The largest absolute Gasteiger partial charge is 0.297 e. The van der Waals surface area contributed by atoms with E-state index < -0.39 is 0 Å². The lowest BCUT2D eigenvalue weighted by molar-refractivity contribution is 0.0863. The van der Waals surface area contributed by atoms with Crippen molar-refractivity contribution in [1.29, 1.82) is 0 Å². The van der Waals surface area contributed by atoms with Crippen LogP contribution in [0.3, 0.4) is 0 Å². The number of likely N-dealkylation sites (tertiary alicyclic amines) is 1. The summed E-state index contributed by atoms with van der Waals surface area (Å²) in [7, 11) is 2.15. The molecule has 2 heteroatoms. The van der Waals surface area contributed by atoms with E-state index in [0.29, 0.717) is 18.5 Å². The SMILES string of the molecule is CN1C(CC(=O)c2ccccc2)CCC[C@@H]1/C=C/c1ccccc1. The number of nitrogens with zero attached hydrogens (tertiary/aromatic N) is 1. The Labute approximate surface area is 144 Å². The fraction of sp³-hybridized carbons (Fsp3) is 0.318. The number of carbonyl (C=O) groups is 1. The van der Waals surface area contributed by atoms with E-state index in [0.717, 1.165) is 18.4 Å². The number of likely N-dealkylation sites (N-methyl/N-ethyl adjacent to an activating group) is 1. The summed E-state index contributed by atoms with van der Waals surface area (Å²) in [5.41, 5.74) is 2.06. The molecule has 0 spiro atoms. The van der Waals surface area contributed by atoms with Crippen molar-refractivity contribution in [3.05, 3.63) is 77.9 Å². The fourth-order valence-electron chi connectivity index (χ4n) is 3.46. The number of hydrogen-bond acceptors (Lipinski definition) is 2. The standard InChI is InChI=1S/C22H25NO/c1-23-20(16-15-18-9-4-2-5-10-18)13-8-14-21(23)17-22(24)19-11-6-3-7-12-19/h2-7,9-12,15-16,20-21H,8,13-14,17H2,1H3/b16-15+/t20-,21?/m1/s1. The Morgan fingerprint density at radius 2 is 1.71 bits per heavy atom. The number of Topliss-reactive ketones (excluding diaryl/α,β-unsaturated/α-hetero) is 1. The summed E-state index contributed by atoms with van der Waals surface area (Å²) >= 11 is 0. The van der Waals surface area contributed by atoms with Crippen molar-refractivity contribution < 1.29 is 4.79 Å². The molecule has 1 fully saturated rings. The first-order valence-electron chi connectivity index (χ1n) is 8.77. The van der Waals surface area contributed by atoms with Crippen LogP contribution in [0.25, 0.3) is 6.08 Å². The van der Waals surface area contributed by atoms with Gasteiger partial charge in [0.1, 0.15) is 0 Å². The molecule has 0 amide bonds. The lowest BCUT2D eigenvalue weighted by Gasteiger charge is -2.38. The van der Waals surface area contributed by atoms with Gasteiger partial charge in [-0.05, 0) is 25.5 Å². The van der Waals surface area contributed by atoms with Gasteiger partial charge >= 0.3 is 0 Å². The van der Waals surface area contributed by atoms with E-state index >= 15 is 0 Å². The van der Waals surface area contributed by atoms with Gasteiger partial charge in [0.15, 0.2) is 5.78 Å². The van der Waals surface area contributed by atoms with Crippen LogP contribution in [0, 0.1) is 0 Å². The molecule has 2 nitrogen and oxygen atoms in total. The second-order valence-corrected chi connectivity index (χ2v) is 6.58. The summed E-state index contributed by atoms with van der Waals surface area (Å²) in [6.45, 7) is 0. The molecule has 1 unspecified atom stereocenters. The summed E-state index contributed by atoms with van der Waals surface area (Å²) in [6.07, 6.45) is 8.54. The van der Waals surface area contributed by atoms with Gasteiger partial charge in [0.05, 0.1) is 0 Å². The Hall–Kier alpha value is -2.19. The molecule has 1 aliphatic rings. The van der Waals surface area contributed by atoms with E-state index in [1.807, 2.05) is 36.4 Å². The van der Waals surface area contributed by atoms with Crippen LogP contribution in [0.2, 0.25) is 0 Å². The second-order valence-electron chi connectivity index (χ2n) is 6.58. The van der Waals surface area contributed by atoms with E-state index in [-0.39, 0.29) is 5.78 Å². The monoisotopic (exact) mass is 319 g/mol. The second kappa shape index (κ2) is 8.07. The number of hydrogen-bond donors (Lipinski definition) is 0. The number of piperidine rings is 1. The van der Waals surface area contributed by atoms with Crippen molar-refractivity contribution in [3.63, 3.8) is 0 Å². The van der Waals surface area contributed by atoms with Gasteiger partial charge in [0.2, 0.25) is 0 Å². The summed E-state index contributed by atoms with van der Waals surface area (Å²) in [4.78, 5) is 14.9. The molecule has 3 rings (SSSR count). The maximum atomic E-state index is 12.5. The molecule has 0 aliphatic carbocycles. The molecule has 0 saturated carbocycles. The van der Waals surface area contributed by atoms with Gasteiger partial charge < -0.3 is 0 Å². The molecule has 0 N–H and O–H groups in total. The molecule has 2 atom stereocenters. The zero-order chi connectivity index (χ0) is 16.8. The van der Waals surface area contributed by atoms with Crippen LogP contribution in [-0.2, 0) is 0 Å². The molecule has 1 saturated heterocycles. The highest BCUT2D eigenvalue weighted by molar-refractivity contribution is 5.96. The van der Waals surface area contributed by atoms with Gasteiger partial charge in [0.25, 0.3) is 0 Å². The molecule has 1 heterocycles. The minimum absolute atomic E-state index is 0.250. The number of rotatable bonds is 5. The van der Waals surface area contributed by atoms with Crippen LogP contribution < -0.4 is 0 Å². The van der Waals surface area contributed by atoms with Gasteiger partial charge in [-0.1, -0.05) is 79.2 Å². The number of benzene rings is 2. The Kier molecular flexibility index (Phi) is 5.60. The minimum Gasteiger partial charge on any atom is -0.297 e. The molecule has 2 aromatic carbocycles. The van der Waals surface area contributed by atoms with Crippen LogP contribution >= 0.6 is 0 Å². The lowest BCUT2D eigenvalue weighted by Crippen LogP contribution is -2.43. The highest BCUT2D eigenvalue weighted by Gasteiger charge is 2.27. The molecule has 0 radical (unpaired) electrons. The smallest absolute Gasteiger partial charge is 0.164 e. The average Bonchev–Trinajstić information content (AvgIpc) is 2.64. The van der Waals surface area contributed by atoms with Gasteiger partial charge in [-0.25, -0.2) is 0 Å². The molecule has 2 aromatic rings. The van der Waals surface area contributed by atoms with Gasteiger partial charge in [-0.3, -0.25) is 9.69 Å².